The summed E-state index contributed by atoms with van der Waals surface area (Å²) < 4.78 is 301. The summed E-state index contributed by atoms with van der Waals surface area (Å²) in [4.78, 5) is 0. The van der Waals surface area contributed by atoms with E-state index >= 15 is 0 Å². The van der Waals surface area contributed by atoms with Gasteiger partial charge in [0.15, 0.2) is 0 Å². The van der Waals surface area contributed by atoms with Gasteiger partial charge in [0.1, 0.15) is 0 Å². The average Bonchev–Trinajstić information content (AvgIpc) is 2.63. The number of halogens is 23. The third kappa shape index (κ3) is 6.19. The molecule has 0 aliphatic rings. The summed E-state index contributed by atoms with van der Waals surface area (Å²) in [5.74, 6) is -31.6. The minimum absolute atomic E-state index is 1.02. The van der Waals surface area contributed by atoms with Crippen molar-refractivity contribution in [3.05, 3.63) is 12.7 Å². The molecule has 0 fully saturated rings. The predicted molar refractivity (Wildman–Crippen MR) is 69.0 cm³/mol. The van der Waals surface area contributed by atoms with Crippen molar-refractivity contribution in [3.63, 3.8) is 0 Å². The van der Waals surface area contributed by atoms with Gasteiger partial charge in [0.05, 0.1) is 0 Å². The van der Waals surface area contributed by atoms with Gasteiger partial charge in [0.25, 0.3) is 0 Å². The van der Waals surface area contributed by atoms with Gasteiger partial charge in [-0.2, -0.15) is 101 Å². The molecule has 3 nitrogen and oxygen atoms in total. The largest absolute Gasteiger partial charge is 0.462 e. The van der Waals surface area contributed by atoms with Crippen molar-refractivity contribution in [2.24, 2.45) is 0 Å². The molecule has 0 aliphatic carbocycles. The Morgan fingerprint density at radius 1 is 0.359 bits per heavy atom. The highest BCUT2D eigenvalue weighted by Crippen LogP contribution is 2.59. The zero-order chi connectivity index (χ0) is 32.3. The zero-order valence-corrected chi connectivity index (χ0v) is 16.7. The first-order chi connectivity index (χ1) is 16.4. The molecule has 0 amide bonds. The van der Waals surface area contributed by atoms with E-state index in [9.17, 15) is 101 Å². The molecule has 0 rings (SSSR count). The molecule has 0 bridgehead atoms. The quantitative estimate of drug-likeness (QED) is 0.169. The predicted octanol–water partition coefficient (Wildman–Crippen LogP) is 7.88. The lowest BCUT2D eigenvalue weighted by atomic mass is 10.2. The maximum atomic E-state index is 14.0. The standard InChI is InChI=1S/C13H3F23O3/c1-2-3(14,15)10(29,30)39-13(35,36)6(19,9(26,27)28)38-12(33,34)5(18,8(23,24)25)37-11(31,32)4(16,17)7(20,21)22/h2H,1H2. The lowest BCUT2D eigenvalue weighted by molar-refractivity contribution is -0.581. The average molecular weight is 644 g/mol. The van der Waals surface area contributed by atoms with Gasteiger partial charge in [-0.05, 0) is 6.08 Å². The SMILES string of the molecule is C=CC(F)(F)C(F)(F)OC(F)(F)C(F)(OC(F)(F)C(F)(OC(F)(F)C(F)(F)C(F)(F)F)C(F)(F)F)C(F)(F)F. The van der Waals surface area contributed by atoms with Gasteiger partial charge in [-0.3, -0.25) is 9.47 Å². The first kappa shape index (κ1) is 37.0. The van der Waals surface area contributed by atoms with Gasteiger partial charge in [0.2, 0.25) is 0 Å². The smallest absolute Gasteiger partial charge is 0.263 e. The number of hydrogen-bond donors (Lipinski definition) is 0. The fraction of sp³-hybridized carbons (Fsp3) is 0.846. The van der Waals surface area contributed by atoms with Gasteiger partial charge >= 0.3 is 66.5 Å². The second kappa shape index (κ2) is 9.54. The van der Waals surface area contributed by atoms with Crippen LogP contribution in [0.2, 0.25) is 0 Å². The Balaban J connectivity index is 7.11. The normalized spacial score (nSPS) is 18.9. The molecule has 0 saturated heterocycles. The van der Waals surface area contributed by atoms with E-state index in [0.29, 0.717) is 0 Å². The fourth-order valence-electron chi connectivity index (χ4n) is 1.63. The highest BCUT2D eigenvalue weighted by molar-refractivity contribution is 4.99. The van der Waals surface area contributed by atoms with Crippen LogP contribution in [0.5, 0.6) is 0 Å². The first-order valence-electron chi connectivity index (χ1n) is 8.02. The molecule has 0 saturated carbocycles. The summed E-state index contributed by atoms with van der Waals surface area (Å²) in [6, 6.07) is 0. The van der Waals surface area contributed by atoms with Gasteiger partial charge in [0, 0.05) is 0 Å². The van der Waals surface area contributed by atoms with E-state index in [0.717, 1.165) is 9.47 Å². The van der Waals surface area contributed by atoms with E-state index in [2.05, 4.69) is 0 Å². The summed E-state index contributed by atoms with van der Waals surface area (Å²) in [6.07, 6.45) is -58.3. The van der Waals surface area contributed by atoms with E-state index in [1.807, 2.05) is 0 Å². The Labute approximate surface area is 196 Å². The molecular formula is C13H3F23O3. The summed E-state index contributed by atoms with van der Waals surface area (Å²) in [5.41, 5.74) is 0. The van der Waals surface area contributed by atoms with Crippen molar-refractivity contribution in [3.8, 4) is 0 Å². The number of hydrogen-bond acceptors (Lipinski definition) is 3. The second-order valence-corrected chi connectivity index (χ2v) is 6.46. The third-order valence-electron chi connectivity index (χ3n) is 3.64. The van der Waals surface area contributed by atoms with Gasteiger partial charge < -0.3 is 0 Å². The van der Waals surface area contributed by atoms with Crippen molar-refractivity contribution >= 4 is 0 Å². The maximum absolute atomic E-state index is 14.0. The molecule has 234 valence electrons. The van der Waals surface area contributed by atoms with Crippen molar-refractivity contribution in [2.45, 2.75) is 66.5 Å². The lowest BCUT2D eigenvalue weighted by Crippen LogP contribution is -2.70. The van der Waals surface area contributed by atoms with Crippen LogP contribution in [-0.4, -0.2) is 66.5 Å². The monoisotopic (exact) mass is 644 g/mol. The topological polar surface area (TPSA) is 27.7 Å². The van der Waals surface area contributed by atoms with Crippen LogP contribution in [0.25, 0.3) is 0 Å². The Kier molecular flexibility index (Phi) is 9.06. The molecule has 26 heteroatoms. The molecule has 0 aromatic carbocycles. The van der Waals surface area contributed by atoms with Crippen molar-refractivity contribution in [1.82, 2.24) is 0 Å². The molecule has 2 atom stereocenters. The summed E-state index contributed by atoms with van der Waals surface area (Å²) in [5, 5.41) is 0. The van der Waals surface area contributed by atoms with E-state index in [1.54, 1.807) is 6.58 Å². The number of rotatable bonds is 11. The Morgan fingerprint density at radius 3 is 0.897 bits per heavy atom. The zero-order valence-electron chi connectivity index (χ0n) is 16.7. The Morgan fingerprint density at radius 2 is 0.641 bits per heavy atom. The van der Waals surface area contributed by atoms with Crippen LogP contribution in [0.1, 0.15) is 0 Å². The molecule has 0 aromatic rings. The molecule has 0 N–H and O–H groups in total. The van der Waals surface area contributed by atoms with Crippen LogP contribution in [0.4, 0.5) is 101 Å². The van der Waals surface area contributed by atoms with Crippen LogP contribution in [0.15, 0.2) is 12.7 Å². The van der Waals surface area contributed by atoms with Crippen molar-refractivity contribution < 1.29 is 115 Å². The van der Waals surface area contributed by atoms with E-state index < -0.39 is 72.6 Å². The van der Waals surface area contributed by atoms with Crippen LogP contribution in [0, 0.1) is 0 Å². The minimum Gasteiger partial charge on any atom is -0.263 e. The third-order valence-corrected chi connectivity index (χ3v) is 3.64. The Bertz CT molecular complexity index is 883. The first-order valence-corrected chi connectivity index (χ1v) is 8.02. The molecular weight excluding hydrogens is 641 g/mol. The molecule has 0 aromatic heterocycles. The van der Waals surface area contributed by atoms with E-state index in [1.165, 1.54) is 4.74 Å². The second-order valence-electron chi connectivity index (χ2n) is 6.46. The Hall–Kier alpha value is -1.99. The van der Waals surface area contributed by atoms with Crippen LogP contribution in [-0.2, 0) is 14.2 Å². The van der Waals surface area contributed by atoms with E-state index in [4.69, 9.17) is 0 Å². The van der Waals surface area contributed by atoms with E-state index in [-0.39, 0.29) is 0 Å². The van der Waals surface area contributed by atoms with Gasteiger partial charge in [-0.1, -0.05) is 6.58 Å². The minimum atomic E-state index is -8.66. The van der Waals surface area contributed by atoms with Crippen molar-refractivity contribution in [1.29, 1.82) is 0 Å². The number of ether oxygens (including phenoxy) is 3. The van der Waals surface area contributed by atoms with Crippen LogP contribution in [0.3, 0.4) is 0 Å². The fourth-order valence-corrected chi connectivity index (χ4v) is 1.63. The highest BCUT2D eigenvalue weighted by atomic mass is 19.4. The maximum Gasteiger partial charge on any atom is 0.462 e. The summed E-state index contributed by atoms with van der Waals surface area (Å²) >= 11 is 0. The summed E-state index contributed by atoms with van der Waals surface area (Å²) in [7, 11) is 0. The van der Waals surface area contributed by atoms with Gasteiger partial charge in [-0.15, -0.1) is 0 Å². The molecule has 0 aliphatic heterocycles. The highest BCUT2D eigenvalue weighted by Gasteiger charge is 2.88. The molecule has 0 heterocycles. The molecule has 0 spiro atoms. The van der Waals surface area contributed by atoms with Crippen LogP contribution < -0.4 is 0 Å². The van der Waals surface area contributed by atoms with Crippen LogP contribution >= 0.6 is 0 Å². The van der Waals surface area contributed by atoms with Crippen molar-refractivity contribution in [2.75, 3.05) is 0 Å². The lowest BCUT2D eigenvalue weighted by Gasteiger charge is -2.42. The molecule has 0 radical (unpaired) electrons. The molecule has 2 unspecified atom stereocenters. The summed E-state index contributed by atoms with van der Waals surface area (Å²) in [6.45, 7) is 1.80. The number of alkyl halides is 23. The molecule has 39 heavy (non-hydrogen) atoms. The van der Waals surface area contributed by atoms with Gasteiger partial charge in [-0.25, -0.2) is 4.74 Å².